The van der Waals surface area contributed by atoms with E-state index in [1.165, 1.54) is 16.0 Å². The molecular weight excluding hydrogens is 254 g/mol. The highest BCUT2D eigenvalue weighted by atomic mass is 32.2. The molecule has 3 aromatic rings. The Morgan fingerprint density at radius 3 is 2.63 bits per heavy atom. The molecule has 3 heteroatoms. The lowest BCUT2D eigenvalue weighted by atomic mass is 10.1. The maximum Gasteiger partial charge on any atom is 0.199 e. The predicted octanol–water partition coefficient (Wildman–Crippen LogP) is 4.45. The molecule has 3 rings (SSSR count). The Labute approximate surface area is 116 Å². The minimum absolute atomic E-state index is 0.738. The molecule has 0 unspecified atom stereocenters. The number of hydrogen-bond donors (Lipinski definition) is 0. The maximum absolute atomic E-state index is 5.79. The summed E-state index contributed by atoms with van der Waals surface area (Å²) in [5.41, 5.74) is 4.22. The molecule has 0 aliphatic carbocycles. The van der Waals surface area contributed by atoms with Gasteiger partial charge in [0.05, 0.1) is 0 Å². The number of oxazole rings is 1. The number of aryl methyl sites for hydroxylation is 1. The lowest BCUT2D eigenvalue weighted by Crippen LogP contribution is -1.87. The Morgan fingerprint density at radius 1 is 1.11 bits per heavy atom. The largest absolute Gasteiger partial charge is 0.440 e. The van der Waals surface area contributed by atoms with Crippen LogP contribution in [0.3, 0.4) is 0 Å². The van der Waals surface area contributed by atoms with E-state index in [2.05, 4.69) is 48.5 Å². The van der Waals surface area contributed by atoms with Gasteiger partial charge in [-0.15, -0.1) is 11.8 Å². The summed E-state index contributed by atoms with van der Waals surface area (Å²) in [6, 6.07) is 14.6. The average Bonchev–Trinajstić information content (AvgIpc) is 2.81. The van der Waals surface area contributed by atoms with Gasteiger partial charge < -0.3 is 4.42 Å². The fourth-order valence-corrected chi connectivity index (χ4v) is 2.48. The molecule has 0 radical (unpaired) electrons. The molecule has 0 spiro atoms. The smallest absolute Gasteiger partial charge is 0.199 e. The van der Waals surface area contributed by atoms with Crippen molar-refractivity contribution in [2.24, 2.45) is 0 Å². The molecule has 96 valence electrons. The molecule has 0 fully saturated rings. The highest BCUT2D eigenvalue weighted by Gasteiger charge is 2.06. The van der Waals surface area contributed by atoms with Gasteiger partial charge in [0.2, 0.25) is 0 Å². The third-order valence-corrected chi connectivity index (χ3v) is 3.85. The van der Waals surface area contributed by atoms with E-state index in [0.717, 1.165) is 23.4 Å². The van der Waals surface area contributed by atoms with Gasteiger partial charge in [-0.2, -0.15) is 0 Å². The van der Waals surface area contributed by atoms with Crippen LogP contribution < -0.4 is 0 Å². The molecular formula is C16H15NOS. The number of rotatable bonds is 3. The third kappa shape index (κ3) is 2.66. The Balaban J connectivity index is 1.87. The summed E-state index contributed by atoms with van der Waals surface area (Å²) in [5, 5.41) is 0. The van der Waals surface area contributed by atoms with E-state index in [0.29, 0.717) is 0 Å². The lowest BCUT2D eigenvalue weighted by molar-refractivity contribution is 0.544. The molecule has 19 heavy (non-hydrogen) atoms. The van der Waals surface area contributed by atoms with Crippen LogP contribution in [0.1, 0.15) is 17.0 Å². The van der Waals surface area contributed by atoms with Crippen molar-refractivity contribution in [3.8, 4) is 0 Å². The summed E-state index contributed by atoms with van der Waals surface area (Å²) >= 11 is 1.75. The van der Waals surface area contributed by atoms with Crippen LogP contribution in [0.25, 0.3) is 11.1 Å². The zero-order chi connectivity index (χ0) is 13.2. The number of thioether (sulfide) groups is 1. The second-order valence-corrected chi connectivity index (χ2v) is 5.48. The maximum atomic E-state index is 5.79. The van der Waals surface area contributed by atoms with Crippen LogP contribution in [0, 0.1) is 6.92 Å². The average molecular weight is 269 g/mol. The molecule has 0 aliphatic rings. The third-order valence-electron chi connectivity index (χ3n) is 3.10. The van der Waals surface area contributed by atoms with Crippen molar-refractivity contribution in [2.45, 2.75) is 18.2 Å². The van der Waals surface area contributed by atoms with E-state index < -0.39 is 0 Å². The lowest BCUT2D eigenvalue weighted by Gasteiger charge is -1.99. The topological polar surface area (TPSA) is 26.0 Å². The minimum atomic E-state index is 0.738. The summed E-state index contributed by atoms with van der Waals surface area (Å²) in [7, 11) is 0. The van der Waals surface area contributed by atoms with Gasteiger partial charge in [0, 0.05) is 11.3 Å². The quantitative estimate of drug-likeness (QED) is 0.657. The standard InChI is InChI=1S/C16H15NOS/c1-11-3-8-14-15(9-11)18-16(17-14)10-12-4-6-13(19-2)7-5-12/h3-9H,10H2,1-2H3. The van der Waals surface area contributed by atoms with Crippen molar-refractivity contribution < 1.29 is 4.42 Å². The van der Waals surface area contributed by atoms with Gasteiger partial charge in [0.1, 0.15) is 5.52 Å². The van der Waals surface area contributed by atoms with E-state index in [-0.39, 0.29) is 0 Å². The van der Waals surface area contributed by atoms with E-state index in [1.54, 1.807) is 11.8 Å². The van der Waals surface area contributed by atoms with Crippen LogP contribution >= 0.6 is 11.8 Å². The highest BCUT2D eigenvalue weighted by molar-refractivity contribution is 7.98. The molecule has 0 saturated heterocycles. The zero-order valence-corrected chi connectivity index (χ0v) is 11.8. The molecule has 0 N–H and O–H groups in total. The van der Waals surface area contributed by atoms with Crippen LogP contribution in [-0.2, 0) is 6.42 Å². The molecule has 2 nitrogen and oxygen atoms in total. The van der Waals surface area contributed by atoms with Crippen molar-refractivity contribution in [1.82, 2.24) is 4.98 Å². The fraction of sp³-hybridized carbons (Fsp3) is 0.188. The molecule has 0 bridgehead atoms. The van der Waals surface area contributed by atoms with Crippen LogP contribution in [0.15, 0.2) is 51.8 Å². The van der Waals surface area contributed by atoms with E-state index in [1.807, 2.05) is 12.1 Å². The van der Waals surface area contributed by atoms with Gasteiger partial charge in [0.25, 0.3) is 0 Å². The molecule has 1 heterocycles. The van der Waals surface area contributed by atoms with Gasteiger partial charge in [-0.25, -0.2) is 4.98 Å². The summed E-state index contributed by atoms with van der Waals surface area (Å²) < 4.78 is 5.79. The minimum Gasteiger partial charge on any atom is -0.440 e. The van der Waals surface area contributed by atoms with Crippen molar-refractivity contribution in [2.75, 3.05) is 6.26 Å². The van der Waals surface area contributed by atoms with Crippen molar-refractivity contribution in [3.05, 3.63) is 59.5 Å². The molecule has 0 saturated carbocycles. The molecule has 1 aromatic heterocycles. The zero-order valence-electron chi connectivity index (χ0n) is 11.0. The van der Waals surface area contributed by atoms with Crippen LogP contribution in [0.4, 0.5) is 0 Å². The Hall–Kier alpha value is -1.74. The number of hydrogen-bond acceptors (Lipinski definition) is 3. The Kier molecular flexibility index (Phi) is 3.30. The second kappa shape index (κ2) is 5.10. The van der Waals surface area contributed by atoms with Gasteiger partial charge in [0.15, 0.2) is 11.5 Å². The van der Waals surface area contributed by atoms with Gasteiger partial charge >= 0.3 is 0 Å². The van der Waals surface area contributed by atoms with Crippen molar-refractivity contribution in [3.63, 3.8) is 0 Å². The van der Waals surface area contributed by atoms with E-state index in [9.17, 15) is 0 Å². The number of aromatic nitrogens is 1. The first-order chi connectivity index (χ1) is 9.24. The first-order valence-corrected chi connectivity index (χ1v) is 7.46. The first kappa shape index (κ1) is 12.3. The summed E-state index contributed by atoms with van der Waals surface area (Å²) in [5.74, 6) is 0.775. The molecule has 0 amide bonds. The highest BCUT2D eigenvalue weighted by Crippen LogP contribution is 2.20. The summed E-state index contributed by atoms with van der Waals surface area (Å²) in [6.07, 6.45) is 2.82. The van der Waals surface area contributed by atoms with Crippen LogP contribution in [-0.4, -0.2) is 11.2 Å². The Morgan fingerprint density at radius 2 is 1.89 bits per heavy atom. The Bertz CT molecular complexity index is 700. The number of nitrogens with zero attached hydrogens (tertiary/aromatic N) is 1. The first-order valence-electron chi connectivity index (χ1n) is 6.23. The number of fused-ring (bicyclic) bond motifs is 1. The molecule has 2 aromatic carbocycles. The van der Waals surface area contributed by atoms with E-state index in [4.69, 9.17) is 4.42 Å². The van der Waals surface area contributed by atoms with Crippen LogP contribution in [0.5, 0.6) is 0 Å². The second-order valence-electron chi connectivity index (χ2n) is 4.60. The normalized spacial score (nSPS) is 11.1. The number of benzene rings is 2. The SMILES string of the molecule is CSc1ccc(Cc2nc3ccc(C)cc3o2)cc1. The summed E-state index contributed by atoms with van der Waals surface area (Å²) in [4.78, 5) is 5.79. The van der Waals surface area contributed by atoms with Gasteiger partial charge in [-0.1, -0.05) is 18.2 Å². The van der Waals surface area contributed by atoms with Crippen molar-refractivity contribution in [1.29, 1.82) is 0 Å². The van der Waals surface area contributed by atoms with Crippen LogP contribution in [0.2, 0.25) is 0 Å². The van der Waals surface area contributed by atoms with Gasteiger partial charge in [-0.3, -0.25) is 0 Å². The molecule has 0 aliphatic heterocycles. The van der Waals surface area contributed by atoms with E-state index >= 15 is 0 Å². The fourth-order valence-electron chi connectivity index (χ4n) is 2.07. The van der Waals surface area contributed by atoms with Crippen molar-refractivity contribution >= 4 is 22.9 Å². The van der Waals surface area contributed by atoms with Gasteiger partial charge in [-0.05, 0) is 48.6 Å². The predicted molar refractivity (Wildman–Crippen MR) is 79.8 cm³/mol. The monoisotopic (exact) mass is 269 g/mol. The summed E-state index contributed by atoms with van der Waals surface area (Å²) in [6.45, 7) is 2.06. The molecule has 0 atom stereocenters.